The SMILES string of the molecule is Cc1cccc(N2CCN(C(=O)c3cnn4c5c(cnc34)C(=O)CC(C)(C)C5)CC2)c1C. The third kappa shape index (κ3) is 3.36. The normalized spacial score (nSPS) is 18.2. The van der Waals surface area contributed by atoms with Gasteiger partial charge >= 0.3 is 0 Å². The molecule has 0 N–H and O–H groups in total. The first-order chi connectivity index (χ1) is 15.2. The van der Waals surface area contributed by atoms with Gasteiger partial charge in [-0.3, -0.25) is 9.59 Å². The number of fused-ring (bicyclic) bond motifs is 3. The number of piperazine rings is 1. The van der Waals surface area contributed by atoms with Crippen LogP contribution in [0.25, 0.3) is 5.65 Å². The van der Waals surface area contributed by atoms with Crippen LogP contribution in [0.3, 0.4) is 0 Å². The van der Waals surface area contributed by atoms with Crippen molar-refractivity contribution in [2.24, 2.45) is 5.41 Å². The van der Waals surface area contributed by atoms with Crippen LogP contribution in [0.5, 0.6) is 0 Å². The first-order valence-corrected chi connectivity index (χ1v) is 11.2. The summed E-state index contributed by atoms with van der Waals surface area (Å²) >= 11 is 0. The van der Waals surface area contributed by atoms with Crippen LogP contribution in [-0.4, -0.2) is 57.4 Å². The van der Waals surface area contributed by atoms with E-state index in [0.29, 0.717) is 36.3 Å². The number of rotatable bonds is 2. The third-order valence-electron chi connectivity index (χ3n) is 6.93. The van der Waals surface area contributed by atoms with Gasteiger partial charge in [-0.25, -0.2) is 9.50 Å². The van der Waals surface area contributed by atoms with Gasteiger partial charge in [-0.15, -0.1) is 0 Å². The van der Waals surface area contributed by atoms with Crippen molar-refractivity contribution in [1.29, 1.82) is 0 Å². The van der Waals surface area contributed by atoms with E-state index in [1.165, 1.54) is 16.8 Å². The Labute approximate surface area is 188 Å². The van der Waals surface area contributed by atoms with E-state index in [-0.39, 0.29) is 17.1 Å². The van der Waals surface area contributed by atoms with Crippen molar-refractivity contribution in [3.63, 3.8) is 0 Å². The Bertz CT molecular complexity index is 1230. The molecule has 1 aliphatic heterocycles. The van der Waals surface area contributed by atoms with E-state index in [9.17, 15) is 9.59 Å². The summed E-state index contributed by atoms with van der Waals surface area (Å²) < 4.78 is 1.70. The van der Waals surface area contributed by atoms with Crippen LogP contribution in [0.4, 0.5) is 5.69 Å². The molecule has 0 saturated carbocycles. The van der Waals surface area contributed by atoms with E-state index in [4.69, 9.17) is 0 Å². The van der Waals surface area contributed by atoms with Gasteiger partial charge in [0.05, 0.1) is 17.5 Å². The fourth-order valence-corrected chi connectivity index (χ4v) is 4.98. The molecule has 1 amide bonds. The molecule has 1 fully saturated rings. The highest BCUT2D eigenvalue weighted by molar-refractivity contribution is 6.01. The molecule has 1 saturated heterocycles. The topological polar surface area (TPSA) is 70.8 Å². The predicted molar refractivity (Wildman–Crippen MR) is 123 cm³/mol. The highest BCUT2D eigenvalue weighted by Gasteiger charge is 2.34. The number of aryl methyl sites for hydroxylation is 1. The van der Waals surface area contributed by atoms with Crippen molar-refractivity contribution in [3.05, 3.63) is 58.5 Å². The molecule has 1 aliphatic carbocycles. The number of carbonyl (C=O) groups is 2. The van der Waals surface area contributed by atoms with Crippen molar-refractivity contribution in [2.75, 3.05) is 31.1 Å². The maximum atomic E-state index is 13.3. The van der Waals surface area contributed by atoms with Crippen LogP contribution < -0.4 is 4.90 Å². The minimum atomic E-state index is -0.126. The van der Waals surface area contributed by atoms with Crippen LogP contribution in [0.1, 0.15) is 57.8 Å². The average molecular weight is 432 g/mol. The monoisotopic (exact) mass is 431 g/mol. The van der Waals surface area contributed by atoms with Crippen molar-refractivity contribution < 1.29 is 9.59 Å². The first kappa shape index (κ1) is 20.7. The number of amides is 1. The second-order valence-corrected chi connectivity index (χ2v) is 9.85. The molecule has 166 valence electrons. The molecule has 0 spiro atoms. The lowest BCUT2D eigenvalue weighted by molar-refractivity contribution is 0.0748. The molecule has 3 aromatic rings. The Morgan fingerprint density at radius 2 is 1.78 bits per heavy atom. The van der Waals surface area contributed by atoms with Crippen LogP contribution in [0.2, 0.25) is 0 Å². The van der Waals surface area contributed by atoms with Crippen LogP contribution >= 0.6 is 0 Å². The van der Waals surface area contributed by atoms with Crippen molar-refractivity contribution in [1.82, 2.24) is 19.5 Å². The molecule has 5 rings (SSSR count). The van der Waals surface area contributed by atoms with Gasteiger partial charge in [-0.1, -0.05) is 26.0 Å². The lowest BCUT2D eigenvalue weighted by Crippen LogP contribution is -2.49. The molecule has 2 aromatic heterocycles. The minimum absolute atomic E-state index is 0.0468. The van der Waals surface area contributed by atoms with Crippen molar-refractivity contribution >= 4 is 23.0 Å². The third-order valence-corrected chi connectivity index (χ3v) is 6.93. The number of hydrogen-bond donors (Lipinski definition) is 0. The van der Waals surface area contributed by atoms with Gasteiger partial charge in [0, 0.05) is 44.5 Å². The number of hydrogen-bond acceptors (Lipinski definition) is 5. The Hall–Kier alpha value is -3.22. The molecule has 32 heavy (non-hydrogen) atoms. The molecule has 7 heteroatoms. The molecule has 0 unspecified atom stereocenters. The zero-order chi connectivity index (χ0) is 22.6. The van der Waals surface area contributed by atoms with Gasteiger partial charge in [0.15, 0.2) is 11.4 Å². The Kier molecular flexibility index (Phi) is 4.80. The maximum Gasteiger partial charge on any atom is 0.259 e. The van der Waals surface area contributed by atoms with E-state index in [1.54, 1.807) is 16.9 Å². The van der Waals surface area contributed by atoms with Gasteiger partial charge in [-0.05, 0) is 42.9 Å². The van der Waals surface area contributed by atoms with E-state index in [1.807, 2.05) is 4.90 Å². The van der Waals surface area contributed by atoms with Gasteiger partial charge in [0.1, 0.15) is 5.56 Å². The smallest absolute Gasteiger partial charge is 0.259 e. The quantitative estimate of drug-likeness (QED) is 0.621. The Morgan fingerprint density at radius 1 is 1.03 bits per heavy atom. The van der Waals surface area contributed by atoms with Gasteiger partial charge < -0.3 is 9.80 Å². The highest BCUT2D eigenvalue weighted by atomic mass is 16.2. The molecule has 2 aliphatic rings. The number of benzene rings is 1. The lowest BCUT2D eigenvalue weighted by atomic mass is 9.76. The van der Waals surface area contributed by atoms with Gasteiger partial charge in [0.25, 0.3) is 5.91 Å². The summed E-state index contributed by atoms with van der Waals surface area (Å²) in [6.07, 6.45) is 4.47. The summed E-state index contributed by atoms with van der Waals surface area (Å²) in [6.45, 7) is 11.3. The number of carbonyl (C=O) groups excluding carboxylic acids is 2. The second kappa shape index (κ2) is 7.43. The molecule has 0 radical (unpaired) electrons. The van der Waals surface area contributed by atoms with E-state index >= 15 is 0 Å². The number of Topliss-reactive ketones (excluding diaryl/α,β-unsaturated/α-hetero) is 1. The largest absolute Gasteiger partial charge is 0.368 e. The van der Waals surface area contributed by atoms with Crippen LogP contribution in [0, 0.1) is 19.3 Å². The number of anilines is 1. The number of nitrogens with zero attached hydrogens (tertiary/aromatic N) is 5. The van der Waals surface area contributed by atoms with Gasteiger partial charge in [-0.2, -0.15) is 5.10 Å². The summed E-state index contributed by atoms with van der Waals surface area (Å²) in [4.78, 5) is 34.6. The van der Waals surface area contributed by atoms with Gasteiger partial charge in [0.2, 0.25) is 0 Å². The molecule has 0 atom stereocenters. The van der Waals surface area contributed by atoms with Crippen LogP contribution in [-0.2, 0) is 6.42 Å². The molecule has 7 nitrogen and oxygen atoms in total. The number of aromatic nitrogens is 3. The molecular weight excluding hydrogens is 402 g/mol. The first-order valence-electron chi connectivity index (χ1n) is 11.2. The molecule has 1 aromatic carbocycles. The van der Waals surface area contributed by atoms with E-state index in [0.717, 1.165) is 25.2 Å². The standard InChI is InChI=1S/C25H29N5O2/c1-16-6-5-7-20(17(16)2)28-8-10-29(11-9-28)24(32)19-15-27-30-21-12-25(3,4)13-22(31)18(21)14-26-23(19)30/h5-7,14-15H,8-13H2,1-4H3. The summed E-state index contributed by atoms with van der Waals surface area (Å²) in [6, 6.07) is 6.37. The zero-order valence-corrected chi connectivity index (χ0v) is 19.2. The zero-order valence-electron chi connectivity index (χ0n) is 19.2. The fraction of sp³-hybridized carbons (Fsp3) is 0.440. The van der Waals surface area contributed by atoms with Crippen molar-refractivity contribution in [3.8, 4) is 0 Å². The molecule has 3 heterocycles. The highest BCUT2D eigenvalue weighted by Crippen LogP contribution is 2.34. The maximum absolute atomic E-state index is 13.3. The summed E-state index contributed by atoms with van der Waals surface area (Å²) in [5.41, 5.74) is 6.22. The van der Waals surface area contributed by atoms with E-state index < -0.39 is 0 Å². The van der Waals surface area contributed by atoms with E-state index in [2.05, 4.69) is 60.9 Å². The summed E-state index contributed by atoms with van der Waals surface area (Å²) in [7, 11) is 0. The summed E-state index contributed by atoms with van der Waals surface area (Å²) in [5, 5.41) is 4.48. The number of ketones is 1. The minimum Gasteiger partial charge on any atom is -0.368 e. The lowest BCUT2D eigenvalue weighted by Gasteiger charge is -2.37. The Morgan fingerprint density at radius 3 is 2.53 bits per heavy atom. The molecule has 0 bridgehead atoms. The summed E-state index contributed by atoms with van der Waals surface area (Å²) in [5.74, 6) is 0.0473. The van der Waals surface area contributed by atoms with Crippen molar-refractivity contribution in [2.45, 2.75) is 40.5 Å². The fourth-order valence-electron chi connectivity index (χ4n) is 4.98. The Balaban J connectivity index is 1.38. The molecular formula is C25H29N5O2. The van der Waals surface area contributed by atoms with Crippen LogP contribution in [0.15, 0.2) is 30.6 Å². The predicted octanol–water partition coefficient (Wildman–Crippen LogP) is 3.46. The second-order valence-electron chi connectivity index (χ2n) is 9.85. The average Bonchev–Trinajstić information content (AvgIpc) is 3.19.